The molecule has 0 fully saturated rings. The van der Waals surface area contributed by atoms with Crippen LogP contribution >= 0.6 is 0 Å². The Kier molecular flexibility index (Phi) is 2.05. The van der Waals surface area contributed by atoms with Gasteiger partial charge in [0.1, 0.15) is 0 Å². The van der Waals surface area contributed by atoms with E-state index in [0.717, 1.165) is 0 Å². The van der Waals surface area contributed by atoms with Crippen LogP contribution < -0.4 is 0 Å². The Bertz CT molecular complexity index is 408. The molecule has 0 atom stereocenters. The molecule has 13 heavy (non-hydrogen) atoms. The van der Waals surface area contributed by atoms with E-state index in [1.165, 1.54) is 16.3 Å². The molecule has 0 aliphatic rings. The third-order valence-electron chi connectivity index (χ3n) is 2.45. The molecule has 2 aromatic rings. The molecule has 0 aliphatic carbocycles. The Hall–Kier alpha value is -1.30. The summed E-state index contributed by atoms with van der Waals surface area (Å²) in [6.07, 6.45) is 0. The van der Waals surface area contributed by atoms with E-state index in [4.69, 9.17) is 0 Å². The fraction of sp³-hybridized carbons (Fsp3) is 0.231. The molecule has 66 valence electrons. The van der Waals surface area contributed by atoms with Gasteiger partial charge in [-0.2, -0.15) is 0 Å². The largest absolute Gasteiger partial charge is 0.0616 e. The molecule has 0 bridgehead atoms. The highest BCUT2D eigenvalue weighted by Crippen LogP contribution is 2.24. The van der Waals surface area contributed by atoms with E-state index in [1.54, 1.807) is 0 Å². The van der Waals surface area contributed by atoms with Crippen LogP contribution in [-0.4, -0.2) is 0 Å². The molecule has 2 rings (SSSR count). The highest BCUT2D eigenvalue weighted by Gasteiger charge is 2.02. The van der Waals surface area contributed by atoms with Crippen LogP contribution in [0.2, 0.25) is 0 Å². The lowest BCUT2D eigenvalue weighted by Crippen LogP contribution is -1.88. The van der Waals surface area contributed by atoms with E-state index >= 15 is 0 Å². The van der Waals surface area contributed by atoms with Crippen molar-refractivity contribution in [1.82, 2.24) is 0 Å². The Morgan fingerprint density at radius 1 is 0.846 bits per heavy atom. The molecular weight excluding hydrogens is 156 g/mol. The van der Waals surface area contributed by atoms with Crippen molar-refractivity contribution in [2.75, 3.05) is 0 Å². The smallest absolute Gasteiger partial charge is 0.0149 e. The molecule has 0 heteroatoms. The molecule has 0 amide bonds. The van der Waals surface area contributed by atoms with Gasteiger partial charge in [0.15, 0.2) is 0 Å². The molecule has 0 heterocycles. The minimum atomic E-state index is 0.603. The molecule has 0 unspecified atom stereocenters. The van der Waals surface area contributed by atoms with Crippen molar-refractivity contribution >= 4 is 10.8 Å². The van der Waals surface area contributed by atoms with Crippen molar-refractivity contribution < 1.29 is 0 Å². The summed E-state index contributed by atoms with van der Waals surface area (Å²) in [5.74, 6) is 0.603. The summed E-state index contributed by atoms with van der Waals surface area (Å²) in [6, 6.07) is 15.1. The average molecular weight is 170 g/mol. The fourth-order valence-corrected chi connectivity index (χ4v) is 1.75. The second-order valence-electron chi connectivity index (χ2n) is 3.72. The zero-order valence-corrected chi connectivity index (χ0v) is 8.12. The molecule has 0 saturated carbocycles. The van der Waals surface area contributed by atoms with Gasteiger partial charge in [0, 0.05) is 0 Å². The number of rotatable bonds is 1. The van der Waals surface area contributed by atoms with Crippen LogP contribution in [0, 0.1) is 0 Å². The number of hydrogen-bond donors (Lipinski definition) is 0. The molecule has 0 nitrogen and oxygen atoms in total. The lowest BCUT2D eigenvalue weighted by molar-refractivity contribution is 0.876. The molecule has 2 aromatic carbocycles. The summed E-state index contributed by atoms with van der Waals surface area (Å²) in [5, 5.41) is 2.73. The average Bonchev–Trinajstić information content (AvgIpc) is 2.17. The zero-order chi connectivity index (χ0) is 9.26. The molecule has 0 radical (unpaired) electrons. The van der Waals surface area contributed by atoms with Gasteiger partial charge in [-0.05, 0) is 22.3 Å². The van der Waals surface area contributed by atoms with E-state index < -0.39 is 0 Å². The van der Waals surface area contributed by atoms with Crippen molar-refractivity contribution in [3.63, 3.8) is 0 Å². The maximum atomic E-state index is 2.24. The first kappa shape index (κ1) is 8.31. The van der Waals surface area contributed by atoms with Crippen LogP contribution in [0.25, 0.3) is 10.8 Å². The van der Waals surface area contributed by atoms with Gasteiger partial charge in [-0.1, -0.05) is 56.3 Å². The molecular formula is C13H14. The van der Waals surface area contributed by atoms with E-state index in [1.807, 2.05) is 0 Å². The summed E-state index contributed by atoms with van der Waals surface area (Å²) in [6.45, 7) is 4.48. The second-order valence-corrected chi connectivity index (χ2v) is 3.72. The first-order chi connectivity index (χ1) is 6.29. The Morgan fingerprint density at radius 2 is 1.54 bits per heavy atom. The van der Waals surface area contributed by atoms with Gasteiger partial charge in [-0.25, -0.2) is 0 Å². The molecule has 0 aromatic heterocycles. The van der Waals surface area contributed by atoms with Crippen LogP contribution in [0.4, 0.5) is 0 Å². The standard InChI is InChI=1S/C13H14/c1-10(2)12-9-5-7-11-6-3-4-8-13(11)12/h3-10H,1-2H3. The molecule has 0 spiro atoms. The normalized spacial score (nSPS) is 11.0. The first-order valence-corrected chi connectivity index (χ1v) is 4.76. The zero-order valence-electron chi connectivity index (χ0n) is 8.12. The number of hydrogen-bond acceptors (Lipinski definition) is 0. The minimum Gasteiger partial charge on any atom is -0.0616 e. The van der Waals surface area contributed by atoms with Crippen LogP contribution in [0.15, 0.2) is 42.5 Å². The van der Waals surface area contributed by atoms with Crippen molar-refractivity contribution in [2.45, 2.75) is 19.8 Å². The van der Waals surface area contributed by atoms with E-state index in [-0.39, 0.29) is 0 Å². The summed E-state index contributed by atoms with van der Waals surface area (Å²) >= 11 is 0. The SMILES string of the molecule is CC(C)c1cccc2ccccc12. The Balaban J connectivity index is 2.76. The first-order valence-electron chi connectivity index (χ1n) is 4.76. The minimum absolute atomic E-state index is 0.603. The van der Waals surface area contributed by atoms with Crippen molar-refractivity contribution in [2.24, 2.45) is 0 Å². The highest BCUT2D eigenvalue weighted by molar-refractivity contribution is 5.86. The Labute approximate surface area is 79.2 Å². The lowest BCUT2D eigenvalue weighted by Gasteiger charge is -2.08. The monoisotopic (exact) mass is 170 g/mol. The maximum Gasteiger partial charge on any atom is -0.0149 e. The fourth-order valence-electron chi connectivity index (χ4n) is 1.75. The van der Waals surface area contributed by atoms with Gasteiger partial charge in [0.25, 0.3) is 0 Å². The van der Waals surface area contributed by atoms with Gasteiger partial charge >= 0.3 is 0 Å². The lowest BCUT2D eigenvalue weighted by atomic mass is 9.96. The van der Waals surface area contributed by atoms with E-state index in [0.29, 0.717) is 5.92 Å². The van der Waals surface area contributed by atoms with Crippen LogP contribution in [-0.2, 0) is 0 Å². The van der Waals surface area contributed by atoms with Gasteiger partial charge in [0.05, 0.1) is 0 Å². The van der Waals surface area contributed by atoms with E-state index in [2.05, 4.69) is 56.3 Å². The maximum absolute atomic E-state index is 2.24. The molecule has 0 saturated heterocycles. The third-order valence-corrected chi connectivity index (χ3v) is 2.45. The quantitative estimate of drug-likeness (QED) is 0.607. The van der Waals surface area contributed by atoms with Crippen LogP contribution in [0.1, 0.15) is 25.3 Å². The summed E-state index contributed by atoms with van der Waals surface area (Å²) in [5.41, 5.74) is 1.44. The van der Waals surface area contributed by atoms with Crippen molar-refractivity contribution in [3.8, 4) is 0 Å². The van der Waals surface area contributed by atoms with Crippen molar-refractivity contribution in [1.29, 1.82) is 0 Å². The van der Waals surface area contributed by atoms with Gasteiger partial charge in [-0.15, -0.1) is 0 Å². The summed E-state index contributed by atoms with van der Waals surface area (Å²) in [4.78, 5) is 0. The highest BCUT2D eigenvalue weighted by atomic mass is 14.1. The number of fused-ring (bicyclic) bond motifs is 1. The van der Waals surface area contributed by atoms with Crippen molar-refractivity contribution in [3.05, 3.63) is 48.0 Å². The second kappa shape index (κ2) is 3.21. The topological polar surface area (TPSA) is 0 Å². The van der Waals surface area contributed by atoms with Crippen LogP contribution in [0.5, 0.6) is 0 Å². The van der Waals surface area contributed by atoms with Gasteiger partial charge in [-0.3, -0.25) is 0 Å². The van der Waals surface area contributed by atoms with Gasteiger partial charge < -0.3 is 0 Å². The predicted octanol–water partition coefficient (Wildman–Crippen LogP) is 3.96. The Morgan fingerprint density at radius 3 is 2.31 bits per heavy atom. The predicted molar refractivity (Wildman–Crippen MR) is 58.0 cm³/mol. The van der Waals surface area contributed by atoms with Gasteiger partial charge in [0.2, 0.25) is 0 Å². The third kappa shape index (κ3) is 1.44. The van der Waals surface area contributed by atoms with Crippen LogP contribution in [0.3, 0.4) is 0 Å². The number of benzene rings is 2. The van der Waals surface area contributed by atoms with E-state index in [9.17, 15) is 0 Å². The summed E-state index contributed by atoms with van der Waals surface area (Å²) < 4.78 is 0. The molecule has 0 N–H and O–H groups in total. The summed E-state index contributed by atoms with van der Waals surface area (Å²) in [7, 11) is 0. The molecule has 0 aliphatic heterocycles.